The molecule has 120 valence electrons. The lowest BCUT2D eigenvalue weighted by atomic mass is 10.2. The molecule has 0 fully saturated rings. The van der Waals surface area contributed by atoms with Gasteiger partial charge in [-0.2, -0.15) is 4.31 Å². The van der Waals surface area contributed by atoms with Crippen LogP contribution >= 0.6 is 0 Å². The monoisotopic (exact) mass is 314 g/mol. The lowest BCUT2D eigenvalue weighted by Gasteiger charge is -2.17. The minimum atomic E-state index is -3.43. The van der Waals surface area contributed by atoms with Crippen LogP contribution in [-0.2, 0) is 21.3 Å². The van der Waals surface area contributed by atoms with Crippen LogP contribution in [0.15, 0.2) is 29.2 Å². The molecule has 0 heterocycles. The third-order valence-electron chi connectivity index (χ3n) is 3.10. The second kappa shape index (κ2) is 8.48. The van der Waals surface area contributed by atoms with Crippen molar-refractivity contribution in [1.82, 2.24) is 9.62 Å². The molecule has 0 spiro atoms. The summed E-state index contributed by atoms with van der Waals surface area (Å²) < 4.78 is 31.2. The van der Waals surface area contributed by atoms with Crippen LogP contribution in [0.5, 0.6) is 0 Å². The molecule has 6 heteroatoms. The Balaban J connectivity index is 2.70. The second-order valence-electron chi connectivity index (χ2n) is 5.20. The molecule has 0 aromatic heterocycles. The maximum absolute atomic E-state index is 12.4. The average Bonchev–Trinajstić information content (AvgIpc) is 2.45. The van der Waals surface area contributed by atoms with E-state index >= 15 is 0 Å². The Morgan fingerprint density at radius 1 is 1.24 bits per heavy atom. The second-order valence-corrected chi connectivity index (χ2v) is 7.25. The number of nitrogens with one attached hydrogen (secondary N) is 1. The summed E-state index contributed by atoms with van der Waals surface area (Å²) in [6.07, 6.45) is 0. The molecule has 0 aliphatic carbocycles. The Kier molecular flexibility index (Phi) is 7.31. The summed E-state index contributed by atoms with van der Waals surface area (Å²) in [7, 11) is -1.86. The Hall–Kier alpha value is -0.950. The third kappa shape index (κ3) is 5.74. The van der Waals surface area contributed by atoms with Gasteiger partial charge in [0.05, 0.1) is 11.5 Å². The van der Waals surface area contributed by atoms with Crippen LogP contribution in [0.1, 0.15) is 26.3 Å². The summed E-state index contributed by atoms with van der Waals surface area (Å²) in [6, 6.07) is 7.41. The maximum Gasteiger partial charge on any atom is 0.242 e. The zero-order valence-corrected chi connectivity index (χ0v) is 14.1. The van der Waals surface area contributed by atoms with E-state index in [1.807, 2.05) is 19.1 Å². The molecule has 0 radical (unpaired) electrons. The first kappa shape index (κ1) is 18.1. The number of hydrogen-bond acceptors (Lipinski definition) is 4. The summed E-state index contributed by atoms with van der Waals surface area (Å²) in [4.78, 5) is 0.315. The molecular formula is C15H26N2O3S. The smallest absolute Gasteiger partial charge is 0.242 e. The van der Waals surface area contributed by atoms with Gasteiger partial charge in [-0.1, -0.05) is 26.0 Å². The Bertz CT molecular complexity index is 512. The van der Waals surface area contributed by atoms with E-state index in [-0.39, 0.29) is 0 Å². The lowest BCUT2D eigenvalue weighted by Crippen LogP contribution is -2.30. The molecule has 0 bridgehead atoms. The van der Waals surface area contributed by atoms with Crippen molar-refractivity contribution in [2.24, 2.45) is 0 Å². The van der Waals surface area contributed by atoms with E-state index in [0.29, 0.717) is 30.7 Å². The first-order valence-electron chi connectivity index (χ1n) is 7.24. The minimum absolute atomic E-state index is 0.315. The number of nitrogens with zero attached hydrogens (tertiary/aromatic N) is 1. The van der Waals surface area contributed by atoms with Crippen molar-refractivity contribution in [2.45, 2.75) is 38.3 Å². The number of rotatable bonds is 9. The van der Waals surface area contributed by atoms with Crippen molar-refractivity contribution in [3.63, 3.8) is 0 Å². The Labute approximate surface area is 128 Å². The van der Waals surface area contributed by atoms with Gasteiger partial charge in [-0.25, -0.2) is 8.42 Å². The molecule has 0 aliphatic heterocycles. The number of likely N-dealkylation sites (N-methyl/N-ethyl adjacent to an activating group) is 1. The van der Waals surface area contributed by atoms with Crippen LogP contribution < -0.4 is 5.32 Å². The molecule has 0 saturated carbocycles. The average molecular weight is 314 g/mol. The van der Waals surface area contributed by atoms with Crippen molar-refractivity contribution in [3.8, 4) is 0 Å². The van der Waals surface area contributed by atoms with E-state index < -0.39 is 10.0 Å². The van der Waals surface area contributed by atoms with Gasteiger partial charge in [-0.15, -0.1) is 0 Å². The quantitative estimate of drug-likeness (QED) is 0.707. The Morgan fingerprint density at radius 3 is 2.38 bits per heavy atom. The highest BCUT2D eigenvalue weighted by Crippen LogP contribution is 2.15. The number of ether oxygens (including phenoxy) is 1. The SMILES string of the molecule is CCOCCN(C)S(=O)(=O)c1ccc(CNC(C)C)cc1. The van der Waals surface area contributed by atoms with Crippen LogP contribution in [0.4, 0.5) is 0 Å². The van der Waals surface area contributed by atoms with Crippen LogP contribution in [0.3, 0.4) is 0 Å². The van der Waals surface area contributed by atoms with Crippen molar-refractivity contribution in [2.75, 3.05) is 26.8 Å². The minimum Gasteiger partial charge on any atom is -0.380 e. The van der Waals surface area contributed by atoms with E-state index in [4.69, 9.17) is 4.74 Å². The van der Waals surface area contributed by atoms with Gasteiger partial charge < -0.3 is 10.1 Å². The normalized spacial score (nSPS) is 12.3. The number of hydrogen-bond donors (Lipinski definition) is 1. The molecule has 0 unspecified atom stereocenters. The summed E-state index contributed by atoms with van der Waals surface area (Å²) in [5, 5.41) is 3.30. The van der Waals surface area contributed by atoms with Gasteiger partial charge in [0, 0.05) is 32.8 Å². The van der Waals surface area contributed by atoms with Gasteiger partial charge in [0.15, 0.2) is 0 Å². The molecule has 5 nitrogen and oxygen atoms in total. The fourth-order valence-electron chi connectivity index (χ4n) is 1.74. The van der Waals surface area contributed by atoms with E-state index in [0.717, 1.165) is 12.1 Å². The molecule has 0 saturated heterocycles. The van der Waals surface area contributed by atoms with Crippen LogP contribution in [0.25, 0.3) is 0 Å². The van der Waals surface area contributed by atoms with Crippen molar-refractivity contribution in [3.05, 3.63) is 29.8 Å². The van der Waals surface area contributed by atoms with Gasteiger partial charge in [0.25, 0.3) is 0 Å². The van der Waals surface area contributed by atoms with Crippen molar-refractivity contribution in [1.29, 1.82) is 0 Å². The summed E-state index contributed by atoms with van der Waals surface area (Å²) in [5.41, 5.74) is 1.07. The van der Waals surface area contributed by atoms with Crippen LogP contribution in [-0.4, -0.2) is 45.6 Å². The van der Waals surface area contributed by atoms with Crippen molar-refractivity contribution < 1.29 is 13.2 Å². The molecule has 0 amide bonds. The predicted molar refractivity (Wildman–Crippen MR) is 84.7 cm³/mol. The largest absolute Gasteiger partial charge is 0.380 e. The van der Waals surface area contributed by atoms with E-state index in [9.17, 15) is 8.42 Å². The summed E-state index contributed by atoms with van der Waals surface area (Å²) in [5.74, 6) is 0. The Morgan fingerprint density at radius 2 is 1.86 bits per heavy atom. The molecule has 0 aliphatic rings. The predicted octanol–water partition coefficient (Wildman–Crippen LogP) is 1.84. The molecule has 1 aromatic rings. The molecule has 0 atom stereocenters. The number of benzene rings is 1. The third-order valence-corrected chi connectivity index (χ3v) is 4.97. The first-order chi connectivity index (χ1) is 9.87. The fourth-order valence-corrected chi connectivity index (χ4v) is 2.89. The molecule has 1 aromatic carbocycles. The summed E-state index contributed by atoms with van der Waals surface area (Å²) >= 11 is 0. The van der Waals surface area contributed by atoms with Crippen molar-refractivity contribution >= 4 is 10.0 Å². The zero-order valence-electron chi connectivity index (χ0n) is 13.3. The molecule has 1 N–H and O–H groups in total. The van der Waals surface area contributed by atoms with Crippen LogP contribution in [0, 0.1) is 0 Å². The fraction of sp³-hybridized carbons (Fsp3) is 0.600. The van der Waals surface area contributed by atoms with Gasteiger partial charge in [0.2, 0.25) is 10.0 Å². The first-order valence-corrected chi connectivity index (χ1v) is 8.68. The van der Waals surface area contributed by atoms with Gasteiger partial charge in [-0.3, -0.25) is 0 Å². The molecule has 21 heavy (non-hydrogen) atoms. The number of sulfonamides is 1. The van der Waals surface area contributed by atoms with E-state index in [2.05, 4.69) is 19.2 Å². The highest BCUT2D eigenvalue weighted by atomic mass is 32.2. The highest BCUT2D eigenvalue weighted by Gasteiger charge is 2.20. The molecular weight excluding hydrogens is 288 g/mol. The lowest BCUT2D eigenvalue weighted by molar-refractivity contribution is 0.138. The van der Waals surface area contributed by atoms with Gasteiger partial charge >= 0.3 is 0 Å². The van der Waals surface area contributed by atoms with E-state index in [1.54, 1.807) is 19.2 Å². The molecule has 1 rings (SSSR count). The van der Waals surface area contributed by atoms with Gasteiger partial charge in [0.1, 0.15) is 0 Å². The van der Waals surface area contributed by atoms with Crippen LogP contribution in [0.2, 0.25) is 0 Å². The highest BCUT2D eigenvalue weighted by molar-refractivity contribution is 7.89. The standard InChI is InChI=1S/C15H26N2O3S/c1-5-20-11-10-17(4)21(18,19)15-8-6-14(7-9-15)12-16-13(2)3/h6-9,13,16H,5,10-12H2,1-4H3. The summed E-state index contributed by atoms with van der Waals surface area (Å²) in [6.45, 7) is 8.12. The van der Waals surface area contributed by atoms with Gasteiger partial charge in [-0.05, 0) is 24.6 Å². The zero-order chi connectivity index (χ0) is 15.9. The maximum atomic E-state index is 12.4. The topological polar surface area (TPSA) is 58.6 Å². The van der Waals surface area contributed by atoms with E-state index in [1.165, 1.54) is 4.31 Å².